The number of aromatic nitrogens is 3. The van der Waals surface area contributed by atoms with Crippen molar-refractivity contribution in [3.05, 3.63) is 62.7 Å². The fourth-order valence-electron chi connectivity index (χ4n) is 3.15. The molecule has 0 bridgehead atoms. The summed E-state index contributed by atoms with van der Waals surface area (Å²) in [7, 11) is 0. The van der Waals surface area contributed by atoms with Gasteiger partial charge in [-0.15, -0.1) is 21.5 Å². The number of anilines is 3. The first-order valence-corrected chi connectivity index (χ1v) is 9.76. The van der Waals surface area contributed by atoms with E-state index in [0.717, 1.165) is 23.7 Å². The van der Waals surface area contributed by atoms with Crippen molar-refractivity contribution in [1.29, 1.82) is 0 Å². The average molecular weight is 367 g/mol. The molecule has 0 aliphatic carbocycles. The Bertz CT molecular complexity index is 898. The minimum Gasteiger partial charge on any atom is -0.372 e. The van der Waals surface area contributed by atoms with Crippen LogP contribution in [-0.2, 0) is 6.42 Å². The van der Waals surface area contributed by atoms with E-state index in [0.29, 0.717) is 18.1 Å². The zero-order valence-corrected chi connectivity index (χ0v) is 15.3. The average Bonchev–Trinajstić information content (AvgIpc) is 3.19. The van der Waals surface area contributed by atoms with Crippen LogP contribution in [0.15, 0.2) is 46.6 Å². The predicted octanol–water partition coefficient (Wildman–Crippen LogP) is 3.55. The highest BCUT2D eigenvalue weighted by atomic mass is 32.1. The number of H-pyrrole nitrogens is 1. The summed E-state index contributed by atoms with van der Waals surface area (Å²) >= 11 is 1.61. The number of nitrogens with one attached hydrogen (secondary N) is 2. The van der Waals surface area contributed by atoms with Gasteiger partial charge in [-0.3, -0.25) is 9.78 Å². The van der Waals surface area contributed by atoms with Crippen LogP contribution >= 0.6 is 11.3 Å². The molecule has 1 aliphatic rings. The topological polar surface area (TPSA) is 73.9 Å². The molecule has 0 saturated carbocycles. The molecule has 0 amide bonds. The molecule has 0 spiro atoms. The molecular weight excluding hydrogens is 346 g/mol. The summed E-state index contributed by atoms with van der Waals surface area (Å²) in [5.74, 6) is 0.357. The first-order chi connectivity index (χ1) is 12.8. The van der Waals surface area contributed by atoms with E-state index in [1.54, 1.807) is 11.3 Å². The fourth-order valence-corrected chi connectivity index (χ4v) is 3.86. The van der Waals surface area contributed by atoms with Crippen molar-refractivity contribution in [2.45, 2.75) is 25.7 Å². The summed E-state index contributed by atoms with van der Waals surface area (Å²) in [5, 5.41) is 13.3. The second kappa shape index (κ2) is 7.70. The zero-order chi connectivity index (χ0) is 17.8. The van der Waals surface area contributed by atoms with Gasteiger partial charge in [0.25, 0.3) is 5.56 Å². The minimum atomic E-state index is -0.208. The van der Waals surface area contributed by atoms with Crippen LogP contribution < -0.4 is 15.8 Å². The minimum absolute atomic E-state index is 0.208. The van der Waals surface area contributed by atoms with Crippen LogP contribution in [0.4, 0.5) is 17.3 Å². The maximum Gasteiger partial charge on any atom is 0.274 e. The molecule has 1 fully saturated rings. The summed E-state index contributed by atoms with van der Waals surface area (Å²) in [6.07, 6.45) is 4.35. The van der Waals surface area contributed by atoms with Gasteiger partial charge in [-0.25, -0.2) is 0 Å². The Morgan fingerprint density at radius 3 is 2.58 bits per heavy atom. The van der Waals surface area contributed by atoms with Crippen LogP contribution in [0.5, 0.6) is 0 Å². The van der Waals surface area contributed by atoms with Gasteiger partial charge >= 0.3 is 0 Å². The van der Waals surface area contributed by atoms with Crippen LogP contribution in [0.2, 0.25) is 0 Å². The Balaban J connectivity index is 1.43. The number of nitrogens with zero attached hydrogens (tertiary/aromatic N) is 3. The van der Waals surface area contributed by atoms with E-state index in [1.165, 1.54) is 24.9 Å². The van der Waals surface area contributed by atoms with Crippen molar-refractivity contribution in [3.8, 4) is 0 Å². The van der Waals surface area contributed by atoms with Gasteiger partial charge in [-0.1, -0.05) is 6.07 Å². The maximum absolute atomic E-state index is 12.2. The van der Waals surface area contributed by atoms with Crippen LogP contribution in [0.25, 0.3) is 0 Å². The third-order valence-electron chi connectivity index (χ3n) is 4.54. The quantitative estimate of drug-likeness (QED) is 0.721. The lowest BCUT2D eigenvalue weighted by molar-refractivity contribution is 0.578. The highest BCUT2D eigenvalue weighted by Gasteiger charge is 2.11. The largest absolute Gasteiger partial charge is 0.372 e. The first kappa shape index (κ1) is 16.8. The third kappa shape index (κ3) is 3.94. The monoisotopic (exact) mass is 367 g/mol. The molecule has 1 aliphatic heterocycles. The van der Waals surface area contributed by atoms with Crippen LogP contribution in [0, 0.1) is 0 Å². The predicted molar refractivity (Wildman–Crippen MR) is 106 cm³/mol. The van der Waals surface area contributed by atoms with Crippen molar-refractivity contribution in [2.75, 3.05) is 23.3 Å². The number of piperidine rings is 1. The molecule has 2 N–H and O–H groups in total. The molecule has 7 heteroatoms. The summed E-state index contributed by atoms with van der Waals surface area (Å²) < 4.78 is 0. The highest BCUT2D eigenvalue weighted by molar-refractivity contribution is 7.09. The van der Waals surface area contributed by atoms with Crippen LogP contribution in [0.3, 0.4) is 0 Å². The van der Waals surface area contributed by atoms with Gasteiger partial charge in [0, 0.05) is 35.8 Å². The molecule has 0 atom stereocenters. The second-order valence-corrected chi connectivity index (χ2v) is 7.46. The smallest absolute Gasteiger partial charge is 0.274 e. The number of benzene rings is 1. The Hall–Kier alpha value is -2.67. The van der Waals surface area contributed by atoms with E-state index in [2.05, 4.69) is 37.5 Å². The summed E-state index contributed by atoms with van der Waals surface area (Å²) in [6.45, 7) is 2.24. The molecule has 4 rings (SSSR count). The van der Waals surface area contributed by atoms with Gasteiger partial charge in [0.05, 0.1) is 0 Å². The Kier molecular flexibility index (Phi) is 4.97. The third-order valence-corrected chi connectivity index (χ3v) is 5.41. The van der Waals surface area contributed by atoms with Crippen molar-refractivity contribution in [1.82, 2.24) is 15.2 Å². The van der Waals surface area contributed by atoms with E-state index in [1.807, 2.05) is 29.6 Å². The molecule has 3 heterocycles. The highest BCUT2D eigenvalue weighted by Crippen LogP contribution is 2.22. The Labute approximate surface area is 155 Å². The van der Waals surface area contributed by atoms with E-state index >= 15 is 0 Å². The number of hydrogen-bond acceptors (Lipinski definition) is 6. The molecule has 26 heavy (non-hydrogen) atoms. The van der Waals surface area contributed by atoms with Crippen LogP contribution in [-0.4, -0.2) is 28.3 Å². The number of hydrogen-bond donors (Lipinski definition) is 2. The SMILES string of the molecule is O=c1[nH]c(Nc2ccc(N3CCCCC3)cc2)nnc1Cc1cccs1. The zero-order valence-electron chi connectivity index (χ0n) is 14.4. The van der Waals surface area contributed by atoms with Gasteiger partial charge < -0.3 is 10.2 Å². The van der Waals surface area contributed by atoms with Crippen molar-refractivity contribution < 1.29 is 0 Å². The van der Waals surface area contributed by atoms with E-state index in [-0.39, 0.29) is 5.56 Å². The van der Waals surface area contributed by atoms with Crippen molar-refractivity contribution in [3.63, 3.8) is 0 Å². The molecule has 2 aromatic heterocycles. The molecule has 1 saturated heterocycles. The lowest BCUT2D eigenvalue weighted by Crippen LogP contribution is -2.29. The number of rotatable bonds is 5. The van der Waals surface area contributed by atoms with Crippen molar-refractivity contribution in [2.24, 2.45) is 0 Å². The van der Waals surface area contributed by atoms with E-state index in [4.69, 9.17) is 0 Å². The van der Waals surface area contributed by atoms with Gasteiger partial charge in [-0.2, -0.15) is 0 Å². The molecule has 0 unspecified atom stereocenters. The Morgan fingerprint density at radius 2 is 1.88 bits per heavy atom. The lowest BCUT2D eigenvalue weighted by atomic mass is 10.1. The van der Waals surface area contributed by atoms with Gasteiger partial charge in [0.1, 0.15) is 5.69 Å². The number of thiophene rings is 1. The molecular formula is C19H21N5OS. The standard InChI is InChI=1S/C19H21N5OS/c25-18-17(13-16-5-4-12-26-16)22-23-19(21-18)20-14-6-8-15(9-7-14)24-10-2-1-3-11-24/h4-9,12H,1-3,10-11,13H2,(H2,20,21,23,25). The van der Waals surface area contributed by atoms with Gasteiger partial charge in [0.2, 0.25) is 5.95 Å². The maximum atomic E-state index is 12.2. The first-order valence-electron chi connectivity index (χ1n) is 8.88. The molecule has 1 aromatic carbocycles. The summed E-state index contributed by atoms with van der Waals surface area (Å²) in [6, 6.07) is 12.2. The summed E-state index contributed by atoms with van der Waals surface area (Å²) in [4.78, 5) is 18.5. The van der Waals surface area contributed by atoms with Gasteiger partial charge in [0.15, 0.2) is 0 Å². The molecule has 0 radical (unpaired) electrons. The van der Waals surface area contributed by atoms with E-state index < -0.39 is 0 Å². The summed E-state index contributed by atoms with van der Waals surface area (Å²) in [5.41, 5.74) is 2.34. The normalized spacial score (nSPS) is 14.4. The number of aromatic amines is 1. The van der Waals surface area contributed by atoms with Crippen molar-refractivity contribution >= 4 is 28.7 Å². The fraction of sp³-hybridized carbons (Fsp3) is 0.316. The van der Waals surface area contributed by atoms with E-state index in [9.17, 15) is 4.79 Å². The molecule has 3 aromatic rings. The lowest BCUT2D eigenvalue weighted by Gasteiger charge is -2.28. The van der Waals surface area contributed by atoms with Crippen LogP contribution in [0.1, 0.15) is 29.8 Å². The molecule has 6 nitrogen and oxygen atoms in total. The second-order valence-electron chi connectivity index (χ2n) is 6.43. The molecule has 134 valence electrons. The Morgan fingerprint density at radius 1 is 1.08 bits per heavy atom. The van der Waals surface area contributed by atoms with Gasteiger partial charge in [-0.05, 0) is 55.0 Å².